The van der Waals surface area contributed by atoms with Gasteiger partial charge in [0.25, 0.3) is 0 Å². The Morgan fingerprint density at radius 3 is 3.07 bits per heavy atom. The highest BCUT2D eigenvalue weighted by molar-refractivity contribution is 5.46. The van der Waals surface area contributed by atoms with Crippen molar-refractivity contribution < 1.29 is 4.74 Å². The average molecular weight is 203 g/mol. The molecule has 0 spiro atoms. The van der Waals surface area contributed by atoms with Crippen molar-refractivity contribution in [1.82, 2.24) is 4.98 Å². The van der Waals surface area contributed by atoms with E-state index in [1.54, 1.807) is 12.3 Å². The molecule has 0 bridgehead atoms. The maximum absolute atomic E-state index is 8.63. The summed E-state index contributed by atoms with van der Waals surface area (Å²) in [4.78, 5) is 6.28. The molecule has 1 fully saturated rings. The molecular formula is C11H13N3O. The number of rotatable bonds is 1. The average Bonchev–Trinajstić information content (AvgIpc) is 2.29. The Hall–Kier alpha value is -1.60. The molecule has 4 heteroatoms. The molecular weight excluding hydrogens is 190 g/mol. The zero-order valence-electron chi connectivity index (χ0n) is 8.68. The summed E-state index contributed by atoms with van der Waals surface area (Å²) >= 11 is 0. The monoisotopic (exact) mass is 203 g/mol. The molecule has 1 aromatic rings. The van der Waals surface area contributed by atoms with Crippen molar-refractivity contribution in [2.24, 2.45) is 0 Å². The molecule has 1 aliphatic rings. The maximum atomic E-state index is 8.63. The molecule has 4 nitrogen and oxygen atoms in total. The van der Waals surface area contributed by atoms with E-state index in [0.717, 1.165) is 25.4 Å². The predicted molar refractivity (Wildman–Crippen MR) is 56.6 cm³/mol. The van der Waals surface area contributed by atoms with Crippen LogP contribution in [0.5, 0.6) is 0 Å². The molecule has 0 radical (unpaired) electrons. The van der Waals surface area contributed by atoms with E-state index >= 15 is 0 Å². The topological polar surface area (TPSA) is 49.2 Å². The number of hydrogen-bond acceptors (Lipinski definition) is 4. The normalized spacial score (nSPS) is 21.1. The minimum atomic E-state index is 0.259. The van der Waals surface area contributed by atoms with Crippen LogP contribution in [0, 0.1) is 11.3 Å². The molecule has 78 valence electrons. The lowest BCUT2D eigenvalue weighted by molar-refractivity contribution is 0.0532. The Morgan fingerprint density at radius 1 is 1.60 bits per heavy atom. The molecule has 1 aromatic heterocycles. The summed E-state index contributed by atoms with van der Waals surface area (Å²) in [5, 5.41) is 8.63. The Labute approximate surface area is 89.1 Å². The molecule has 0 saturated carbocycles. The van der Waals surface area contributed by atoms with Gasteiger partial charge in [-0.2, -0.15) is 5.26 Å². The molecule has 2 rings (SSSR count). The summed E-state index contributed by atoms with van der Waals surface area (Å²) in [6.45, 7) is 4.58. The summed E-state index contributed by atoms with van der Waals surface area (Å²) in [7, 11) is 0. The lowest BCUT2D eigenvalue weighted by Crippen LogP contribution is -2.41. The van der Waals surface area contributed by atoms with Crippen LogP contribution in [-0.2, 0) is 4.74 Å². The quantitative estimate of drug-likeness (QED) is 0.687. The zero-order chi connectivity index (χ0) is 10.7. The molecule has 0 aromatic carbocycles. The molecule has 1 unspecified atom stereocenters. The van der Waals surface area contributed by atoms with E-state index in [-0.39, 0.29) is 6.10 Å². The van der Waals surface area contributed by atoms with Gasteiger partial charge >= 0.3 is 0 Å². The Bertz CT molecular complexity index is 368. The van der Waals surface area contributed by atoms with E-state index in [1.165, 1.54) is 0 Å². The first-order valence-electron chi connectivity index (χ1n) is 5.02. The highest BCUT2D eigenvalue weighted by Gasteiger charge is 2.16. The fourth-order valence-corrected chi connectivity index (χ4v) is 1.69. The number of nitrogens with zero attached hydrogens (tertiary/aromatic N) is 3. The van der Waals surface area contributed by atoms with Crippen LogP contribution >= 0.6 is 0 Å². The summed E-state index contributed by atoms with van der Waals surface area (Å²) in [6, 6.07) is 5.69. The highest BCUT2D eigenvalue weighted by atomic mass is 16.5. The van der Waals surface area contributed by atoms with Crippen LogP contribution in [0.3, 0.4) is 0 Å². The van der Waals surface area contributed by atoms with Gasteiger partial charge in [0, 0.05) is 13.1 Å². The van der Waals surface area contributed by atoms with Gasteiger partial charge in [0.15, 0.2) is 0 Å². The van der Waals surface area contributed by atoms with Gasteiger partial charge in [-0.1, -0.05) is 0 Å². The van der Waals surface area contributed by atoms with Crippen molar-refractivity contribution in [2.75, 3.05) is 24.6 Å². The van der Waals surface area contributed by atoms with Crippen molar-refractivity contribution in [3.05, 3.63) is 24.0 Å². The molecule has 15 heavy (non-hydrogen) atoms. The van der Waals surface area contributed by atoms with E-state index in [1.807, 2.05) is 12.1 Å². The number of hydrogen-bond donors (Lipinski definition) is 0. The summed E-state index contributed by atoms with van der Waals surface area (Å²) in [5.74, 6) is 0. The largest absolute Gasteiger partial charge is 0.375 e. The fraction of sp³-hybridized carbons (Fsp3) is 0.455. The lowest BCUT2D eigenvalue weighted by atomic mass is 10.2. The van der Waals surface area contributed by atoms with E-state index in [4.69, 9.17) is 10.00 Å². The van der Waals surface area contributed by atoms with Gasteiger partial charge in [0.2, 0.25) is 0 Å². The van der Waals surface area contributed by atoms with Crippen LogP contribution in [0.15, 0.2) is 18.3 Å². The lowest BCUT2D eigenvalue weighted by Gasteiger charge is -2.32. The van der Waals surface area contributed by atoms with Crippen molar-refractivity contribution >= 4 is 5.69 Å². The van der Waals surface area contributed by atoms with Crippen LogP contribution in [0.25, 0.3) is 0 Å². The van der Waals surface area contributed by atoms with Gasteiger partial charge < -0.3 is 9.64 Å². The van der Waals surface area contributed by atoms with Crippen molar-refractivity contribution in [1.29, 1.82) is 5.26 Å². The van der Waals surface area contributed by atoms with E-state index in [2.05, 4.69) is 16.8 Å². The molecule has 2 heterocycles. The number of nitriles is 1. The maximum Gasteiger partial charge on any atom is 0.140 e. The van der Waals surface area contributed by atoms with Crippen LogP contribution in [0.4, 0.5) is 5.69 Å². The molecule has 1 saturated heterocycles. The minimum Gasteiger partial charge on any atom is -0.375 e. The van der Waals surface area contributed by atoms with Crippen LogP contribution < -0.4 is 4.90 Å². The number of morpholine rings is 1. The molecule has 1 atom stereocenters. The molecule has 0 amide bonds. The minimum absolute atomic E-state index is 0.259. The number of aromatic nitrogens is 1. The summed E-state index contributed by atoms with van der Waals surface area (Å²) in [5.41, 5.74) is 1.52. The van der Waals surface area contributed by atoms with E-state index < -0.39 is 0 Å². The van der Waals surface area contributed by atoms with Gasteiger partial charge in [0.1, 0.15) is 11.8 Å². The number of anilines is 1. The van der Waals surface area contributed by atoms with Gasteiger partial charge in [-0.15, -0.1) is 0 Å². The van der Waals surface area contributed by atoms with Crippen molar-refractivity contribution in [2.45, 2.75) is 13.0 Å². The second kappa shape index (κ2) is 4.28. The molecule has 0 N–H and O–H groups in total. The predicted octanol–water partition coefficient (Wildman–Crippen LogP) is 1.18. The third-order valence-electron chi connectivity index (χ3n) is 2.47. The number of ether oxygens (including phenoxy) is 1. The second-order valence-corrected chi connectivity index (χ2v) is 3.64. The van der Waals surface area contributed by atoms with E-state index in [9.17, 15) is 0 Å². The number of pyridine rings is 1. The van der Waals surface area contributed by atoms with E-state index in [0.29, 0.717) is 5.69 Å². The van der Waals surface area contributed by atoms with Crippen LogP contribution in [0.2, 0.25) is 0 Å². The standard InChI is InChI=1S/C11H13N3O/c1-9-8-14(4-5-15-9)11-3-2-10(6-12)13-7-11/h2-3,7,9H,4-5,8H2,1H3. The van der Waals surface area contributed by atoms with Gasteiger partial charge in [-0.25, -0.2) is 4.98 Å². The van der Waals surface area contributed by atoms with Gasteiger partial charge in [-0.3, -0.25) is 0 Å². The molecule has 1 aliphatic heterocycles. The summed E-state index contributed by atoms with van der Waals surface area (Å²) in [6.07, 6.45) is 2.01. The third-order valence-corrected chi connectivity index (χ3v) is 2.47. The first kappa shape index (κ1) is 9.94. The first-order chi connectivity index (χ1) is 7.29. The van der Waals surface area contributed by atoms with Crippen molar-refractivity contribution in [3.63, 3.8) is 0 Å². The Morgan fingerprint density at radius 2 is 2.47 bits per heavy atom. The van der Waals surface area contributed by atoms with Crippen LogP contribution in [-0.4, -0.2) is 30.8 Å². The zero-order valence-corrected chi connectivity index (χ0v) is 8.68. The molecule has 0 aliphatic carbocycles. The highest BCUT2D eigenvalue weighted by Crippen LogP contribution is 2.16. The smallest absolute Gasteiger partial charge is 0.140 e. The first-order valence-corrected chi connectivity index (χ1v) is 5.02. The Balaban J connectivity index is 2.12. The van der Waals surface area contributed by atoms with Crippen molar-refractivity contribution in [3.8, 4) is 6.07 Å². The summed E-state index contributed by atoms with van der Waals surface area (Å²) < 4.78 is 5.46. The van der Waals surface area contributed by atoms with Gasteiger partial charge in [0.05, 0.1) is 24.6 Å². The second-order valence-electron chi connectivity index (χ2n) is 3.64. The SMILES string of the molecule is CC1CN(c2ccc(C#N)nc2)CCO1. The van der Waals surface area contributed by atoms with Crippen LogP contribution in [0.1, 0.15) is 12.6 Å². The van der Waals surface area contributed by atoms with Gasteiger partial charge in [-0.05, 0) is 19.1 Å². The third kappa shape index (κ3) is 2.25. The fourth-order valence-electron chi connectivity index (χ4n) is 1.69. The Kier molecular flexibility index (Phi) is 2.84.